The second kappa shape index (κ2) is 6.41. The van der Waals surface area contributed by atoms with Crippen LogP contribution in [-0.4, -0.2) is 15.9 Å². The molecule has 0 radical (unpaired) electrons. The van der Waals surface area contributed by atoms with Gasteiger partial charge in [0.25, 0.3) is 0 Å². The Labute approximate surface area is 139 Å². The van der Waals surface area contributed by atoms with Gasteiger partial charge < -0.3 is 9.73 Å². The van der Waals surface area contributed by atoms with Gasteiger partial charge in [0.1, 0.15) is 11.6 Å². The van der Waals surface area contributed by atoms with E-state index in [2.05, 4.69) is 31.2 Å². The molecule has 0 aliphatic rings. The second-order valence-electron chi connectivity index (χ2n) is 4.59. The molecule has 3 aromatic rings. The third-order valence-electron chi connectivity index (χ3n) is 2.95. The number of rotatable bonds is 4. The summed E-state index contributed by atoms with van der Waals surface area (Å²) in [5.41, 5.74) is 0.637. The van der Waals surface area contributed by atoms with Crippen molar-refractivity contribution < 1.29 is 9.21 Å². The second-order valence-corrected chi connectivity index (χ2v) is 6.45. The van der Waals surface area contributed by atoms with Crippen molar-refractivity contribution >= 4 is 39.0 Å². The first kappa shape index (κ1) is 14.9. The van der Waals surface area contributed by atoms with Crippen molar-refractivity contribution in [2.45, 2.75) is 13.3 Å². The SMILES string of the molecule is Cc1oc(-c2cccs2)nc1CC(=O)Nc1ccc(Br)cn1. The van der Waals surface area contributed by atoms with Gasteiger partial charge in [-0.3, -0.25) is 4.79 Å². The van der Waals surface area contributed by atoms with Gasteiger partial charge in [0.2, 0.25) is 11.8 Å². The van der Waals surface area contributed by atoms with Crippen LogP contribution in [0, 0.1) is 6.92 Å². The zero-order valence-electron chi connectivity index (χ0n) is 11.7. The molecule has 7 heteroatoms. The number of carbonyl (C=O) groups is 1. The predicted molar refractivity (Wildman–Crippen MR) is 88.8 cm³/mol. The first-order chi connectivity index (χ1) is 10.6. The summed E-state index contributed by atoms with van der Waals surface area (Å²) in [6.07, 6.45) is 1.78. The Morgan fingerprint density at radius 1 is 1.41 bits per heavy atom. The van der Waals surface area contributed by atoms with E-state index in [4.69, 9.17) is 4.42 Å². The minimum absolute atomic E-state index is 0.151. The van der Waals surface area contributed by atoms with Crippen molar-refractivity contribution in [2.24, 2.45) is 0 Å². The Kier molecular flexibility index (Phi) is 4.35. The fourth-order valence-electron chi connectivity index (χ4n) is 1.89. The van der Waals surface area contributed by atoms with E-state index in [0.717, 1.165) is 9.35 Å². The molecule has 0 aliphatic carbocycles. The number of pyridine rings is 1. The lowest BCUT2D eigenvalue weighted by molar-refractivity contribution is -0.115. The summed E-state index contributed by atoms with van der Waals surface area (Å²) in [5, 5.41) is 4.70. The van der Waals surface area contributed by atoms with E-state index in [1.54, 1.807) is 23.6 Å². The highest BCUT2D eigenvalue weighted by molar-refractivity contribution is 9.10. The van der Waals surface area contributed by atoms with Gasteiger partial charge in [-0.05, 0) is 46.4 Å². The summed E-state index contributed by atoms with van der Waals surface area (Å²) in [5.74, 6) is 1.54. The molecule has 0 atom stereocenters. The van der Waals surface area contributed by atoms with E-state index in [0.29, 0.717) is 23.2 Å². The lowest BCUT2D eigenvalue weighted by Crippen LogP contribution is -2.15. The van der Waals surface area contributed by atoms with Crippen molar-refractivity contribution in [2.75, 3.05) is 5.32 Å². The summed E-state index contributed by atoms with van der Waals surface area (Å²) in [4.78, 5) is 21.5. The molecule has 0 aliphatic heterocycles. The van der Waals surface area contributed by atoms with E-state index >= 15 is 0 Å². The molecule has 1 N–H and O–H groups in total. The fraction of sp³-hybridized carbons (Fsp3) is 0.133. The van der Waals surface area contributed by atoms with Crippen molar-refractivity contribution in [1.29, 1.82) is 0 Å². The Bertz CT molecular complexity index is 782. The normalized spacial score (nSPS) is 10.6. The van der Waals surface area contributed by atoms with Crippen molar-refractivity contribution in [3.8, 4) is 10.8 Å². The number of aryl methyl sites for hydroxylation is 1. The number of oxazole rings is 1. The van der Waals surface area contributed by atoms with Gasteiger partial charge in [-0.25, -0.2) is 9.97 Å². The third-order valence-corrected chi connectivity index (χ3v) is 4.27. The van der Waals surface area contributed by atoms with Crippen LogP contribution in [0.4, 0.5) is 5.82 Å². The molecule has 5 nitrogen and oxygen atoms in total. The Morgan fingerprint density at radius 3 is 2.95 bits per heavy atom. The van der Waals surface area contributed by atoms with E-state index in [-0.39, 0.29) is 12.3 Å². The number of nitrogens with one attached hydrogen (secondary N) is 1. The summed E-state index contributed by atoms with van der Waals surface area (Å²) in [6, 6.07) is 7.42. The topological polar surface area (TPSA) is 68.0 Å². The fourth-order valence-corrected chi connectivity index (χ4v) is 2.77. The van der Waals surface area contributed by atoms with E-state index < -0.39 is 0 Å². The summed E-state index contributed by atoms with van der Waals surface area (Å²) < 4.78 is 6.48. The van der Waals surface area contributed by atoms with Gasteiger partial charge in [0.15, 0.2) is 0 Å². The average molecular weight is 378 g/mol. The number of amides is 1. The number of anilines is 1. The molecule has 0 saturated heterocycles. The molecule has 0 unspecified atom stereocenters. The molecule has 1 amide bonds. The average Bonchev–Trinajstić information content (AvgIpc) is 3.12. The zero-order chi connectivity index (χ0) is 15.5. The molecular formula is C15H12BrN3O2S. The van der Waals surface area contributed by atoms with Crippen LogP contribution < -0.4 is 5.32 Å². The van der Waals surface area contributed by atoms with Gasteiger partial charge in [-0.2, -0.15) is 0 Å². The standard InChI is InChI=1S/C15H12BrN3O2S/c1-9-11(18-15(21-9)12-3-2-6-22-12)7-14(20)19-13-5-4-10(16)8-17-13/h2-6,8H,7H2,1H3,(H,17,19,20). The molecule has 112 valence electrons. The van der Waals surface area contributed by atoms with Gasteiger partial charge in [0.05, 0.1) is 17.0 Å². The summed E-state index contributed by atoms with van der Waals surface area (Å²) >= 11 is 4.85. The largest absolute Gasteiger partial charge is 0.440 e. The Balaban J connectivity index is 1.70. The van der Waals surface area contributed by atoms with Crippen LogP contribution in [0.15, 0.2) is 44.7 Å². The van der Waals surface area contributed by atoms with E-state index in [1.165, 1.54) is 0 Å². The molecule has 0 spiro atoms. The lowest BCUT2D eigenvalue weighted by Gasteiger charge is -2.03. The molecule has 3 aromatic heterocycles. The molecule has 3 rings (SSSR count). The highest BCUT2D eigenvalue weighted by Gasteiger charge is 2.15. The van der Waals surface area contributed by atoms with Crippen LogP contribution in [0.25, 0.3) is 10.8 Å². The third kappa shape index (κ3) is 3.42. The highest BCUT2D eigenvalue weighted by Crippen LogP contribution is 2.26. The molecular weight excluding hydrogens is 366 g/mol. The van der Waals surface area contributed by atoms with Crippen LogP contribution in [-0.2, 0) is 11.2 Å². The number of thiophene rings is 1. The monoisotopic (exact) mass is 377 g/mol. The maximum atomic E-state index is 12.1. The van der Waals surface area contributed by atoms with Crippen LogP contribution in [0.1, 0.15) is 11.5 Å². The number of aromatic nitrogens is 2. The first-order valence-electron chi connectivity index (χ1n) is 6.53. The number of hydrogen-bond acceptors (Lipinski definition) is 5. The molecule has 3 heterocycles. The van der Waals surface area contributed by atoms with Gasteiger partial charge in [-0.1, -0.05) is 6.07 Å². The van der Waals surface area contributed by atoms with Crippen LogP contribution in [0.5, 0.6) is 0 Å². The molecule has 0 bridgehead atoms. The van der Waals surface area contributed by atoms with Crippen LogP contribution in [0.2, 0.25) is 0 Å². The minimum atomic E-state index is -0.177. The molecule has 0 aromatic carbocycles. The Morgan fingerprint density at radius 2 is 2.27 bits per heavy atom. The number of carbonyl (C=O) groups excluding carboxylic acids is 1. The lowest BCUT2D eigenvalue weighted by atomic mass is 10.2. The van der Waals surface area contributed by atoms with Crippen molar-refractivity contribution in [3.63, 3.8) is 0 Å². The quantitative estimate of drug-likeness (QED) is 0.744. The number of hydrogen-bond donors (Lipinski definition) is 1. The van der Waals surface area contributed by atoms with Crippen molar-refractivity contribution in [3.05, 3.63) is 51.8 Å². The van der Waals surface area contributed by atoms with Crippen LogP contribution in [0.3, 0.4) is 0 Å². The highest BCUT2D eigenvalue weighted by atomic mass is 79.9. The zero-order valence-corrected chi connectivity index (χ0v) is 14.1. The van der Waals surface area contributed by atoms with Gasteiger partial charge in [-0.15, -0.1) is 11.3 Å². The number of nitrogens with zero attached hydrogens (tertiary/aromatic N) is 2. The van der Waals surface area contributed by atoms with Crippen LogP contribution >= 0.6 is 27.3 Å². The predicted octanol–water partition coefficient (Wildman–Crippen LogP) is 4.05. The maximum Gasteiger partial charge on any atom is 0.236 e. The minimum Gasteiger partial charge on any atom is -0.440 e. The summed E-state index contributed by atoms with van der Waals surface area (Å²) in [6.45, 7) is 1.81. The maximum absolute atomic E-state index is 12.1. The van der Waals surface area contributed by atoms with Crippen molar-refractivity contribution in [1.82, 2.24) is 9.97 Å². The van der Waals surface area contributed by atoms with E-state index in [9.17, 15) is 4.79 Å². The molecule has 0 fully saturated rings. The van der Waals surface area contributed by atoms with E-state index in [1.807, 2.05) is 30.5 Å². The van der Waals surface area contributed by atoms with Gasteiger partial charge >= 0.3 is 0 Å². The smallest absolute Gasteiger partial charge is 0.236 e. The van der Waals surface area contributed by atoms with Gasteiger partial charge in [0, 0.05) is 10.7 Å². The summed E-state index contributed by atoms with van der Waals surface area (Å²) in [7, 11) is 0. The number of halogens is 1. The Hall–Kier alpha value is -1.99. The molecule has 0 saturated carbocycles. The first-order valence-corrected chi connectivity index (χ1v) is 8.20. The molecule has 22 heavy (non-hydrogen) atoms.